The maximum atomic E-state index is 13.6. The van der Waals surface area contributed by atoms with Crippen molar-refractivity contribution in [2.75, 3.05) is 13.7 Å². The summed E-state index contributed by atoms with van der Waals surface area (Å²) in [7, 11) is 1.56. The van der Waals surface area contributed by atoms with Crippen LogP contribution < -0.4 is 10.1 Å². The van der Waals surface area contributed by atoms with E-state index in [1.165, 1.54) is 4.90 Å². The normalized spacial score (nSPS) is 11.7. The monoisotopic (exact) mass is 512 g/mol. The summed E-state index contributed by atoms with van der Waals surface area (Å²) in [6.45, 7) is 4.06. The van der Waals surface area contributed by atoms with Gasteiger partial charge in [0, 0.05) is 30.1 Å². The first kappa shape index (κ1) is 26.6. The molecule has 1 atom stereocenters. The van der Waals surface area contributed by atoms with Crippen LogP contribution >= 0.6 is 23.2 Å². The Morgan fingerprint density at radius 2 is 1.66 bits per heavy atom. The maximum absolute atomic E-state index is 13.6. The Bertz CT molecular complexity index is 1150. The second kappa shape index (κ2) is 12.6. The molecule has 0 unspecified atom stereocenters. The fraction of sp³-hybridized carbons (Fsp3) is 0.286. The average Bonchev–Trinajstić information content (AvgIpc) is 2.86. The number of hydrogen-bond donors (Lipinski definition) is 1. The quantitative estimate of drug-likeness (QED) is 0.368. The molecule has 0 aromatic heterocycles. The molecule has 2 amide bonds. The summed E-state index contributed by atoms with van der Waals surface area (Å²) < 4.78 is 5.97. The molecule has 3 aromatic rings. The van der Waals surface area contributed by atoms with Gasteiger partial charge in [-0.15, -0.1) is 0 Å². The predicted octanol–water partition coefficient (Wildman–Crippen LogP) is 5.88. The SMILES string of the molecule is CNC(=O)[C@@H](Cc1ccccc1)N(Cc1ccc(Cl)cc1Cl)C(=O)COc1ccccc1C(C)C. The largest absolute Gasteiger partial charge is 0.483 e. The van der Waals surface area contributed by atoms with E-state index in [0.29, 0.717) is 27.8 Å². The Hall–Kier alpha value is -3.02. The topological polar surface area (TPSA) is 58.6 Å². The third-order valence-corrected chi connectivity index (χ3v) is 6.35. The van der Waals surface area contributed by atoms with Gasteiger partial charge in [0.2, 0.25) is 5.91 Å². The van der Waals surface area contributed by atoms with E-state index in [-0.39, 0.29) is 30.9 Å². The molecule has 0 saturated carbocycles. The number of nitrogens with one attached hydrogen (secondary N) is 1. The molecule has 7 heteroatoms. The van der Waals surface area contributed by atoms with E-state index in [1.807, 2.05) is 54.6 Å². The summed E-state index contributed by atoms with van der Waals surface area (Å²) in [5, 5.41) is 3.63. The molecule has 0 aliphatic rings. The molecule has 3 aromatic carbocycles. The van der Waals surface area contributed by atoms with Crippen LogP contribution in [0.4, 0.5) is 0 Å². The highest BCUT2D eigenvalue weighted by Crippen LogP contribution is 2.27. The lowest BCUT2D eigenvalue weighted by Crippen LogP contribution is -2.51. The van der Waals surface area contributed by atoms with Crippen molar-refractivity contribution in [2.24, 2.45) is 0 Å². The van der Waals surface area contributed by atoms with Gasteiger partial charge in [0.25, 0.3) is 5.91 Å². The van der Waals surface area contributed by atoms with Gasteiger partial charge in [0.05, 0.1) is 0 Å². The van der Waals surface area contributed by atoms with Crippen LogP contribution in [0.3, 0.4) is 0 Å². The molecule has 5 nitrogen and oxygen atoms in total. The number of ether oxygens (including phenoxy) is 1. The number of carbonyl (C=O) groups excluding carboxylic acids is 2. The van der Waals surface area contributed by atoms with Crippen LogP contribution in [0, 0.1) is 0 Å². The van der Waals surface area contributed by atoms with E-state index < -0.39 is 6.04 Å². The highest BCUT2D eigenvalue weighted by Gasteiger charge is 2.30. The van der Waals surface area contributed by atoms with Crippen molar-refractivity contribution in [3.63, 3.8) is 0 Å². The third-order valence-electron chi connectivity index (χ3n) is 5.77. The molecule has 0 spiro atoms. The molecule has 1 N–H and O–H groups in total. The fourth-order valence-corrected chi connectivity index (χ4v) is 4.33. The van der Waals surface area contributed by atoms with E-state index in [9.17, 15) is 9.59 Å². The standard InChI is InChI=1S/C28H30Cl2N2O3/c1-19(2)23-11-7-8-12-26(23)35-18-27(33)32(17-21-13-14-22(29)16-24(21)30)25(28(34)31-3)15-20-9-5-4-6-10-20/h4-14,16,19,25H,15,17-18H2,1-3H3,(H,31,34)/t25-/m1/s1. The van der Waals surface area contributed by atoms with Crippen molar-refractivity contribution in [2.45, 2.75) is 38.8 Å². The van der Waals surface area contributed by atoms with Crippen LogP contribution in [-0.2, 0) is 22.6 Å². The summed E-state index contributed by atoms with van der Waals surface area (Å²) in [5.74, 6) is 0.302. The van der Waals surface area contributed by atoms with Crippen LogP contribution in [0.25, 0.3) is 0 Å². The zero-order chi connectivity index (χ0) is 25.4. The highest BCUT2D eigenvalue weighted by atomic mass is 35.5. The second-order valence-electron chi connectivity index (χ2n) is 8.56. The van der Waals surface area contributed by atoms with Gasteiger partial charge >= 0.3 is 0 Å². The number of halogens is 2. The van der Waals surface area contributed by atoms with Crippen molar-refractivity contribution in [3.8, 4) is 5.75 Å². The van der Waals surface area contributed by atoms with Crippen molar-refractivity contribution in [1.82, 2.24) is 10.2 Å². The number of likely N-dealkylation sites (N-methyl/N-ethyl adjacent to an activating group) is 1. The molecule has 0 bridgehead atoms. The molecule has 35 heavy (non-hydrogen) atoms. The Kier molecular flexibility index (Phi) is 9.58. The lowest BCUT2D eigenvalue weighted by molar-refractivity contribution is -0.142. The third kappa shape index (κ3) is 7.23. The lowest BCUT2D eigenvalue weighted by atomic mass is 10.0. The van der Waals surface area contributed by atoms with Crippen molar-refractivity contribution in [1.29, 1.82) is 0 Å². The number of nitrogens with zero attached hydrogens (tertiary/aromatic N) is 1. The van der Waals surface area contributed by atoms with Gasteiger partial charge in [-0.3, -0.25) is 9.59 Å². The number of para-hydroxylation sites is 1. The van der Waals surface area contributed by atoms with Gasteiger partial charge in [-0.25, -0.2) is 0 Å². The molecular weight excluding hydrogens is 483 g/mol. The van der Waals surface area contributed by atoms with Gasteiger partial charge < -0.3 is 15.0 Å². The van der Waals surface area contributed by atoms with Crippen LogP contribution in [0.15, 0.2) is 72.8 Å². The van der Waals surface area contributed by atoms with E-state index in [1.54, 1.807) is 25.2 Å². The first-order chi connectivity index (χ1) is 16.8. The molecule has 0 radical (unpaired) electrons. The van der Waals surface area contributed by atoms with Gasteiger partial charge in [-0.1, -0.05) is 91.6 Å². The molecule has 184 valence electrons. The smallest absolute Gasteiger partial charge is 0.261 e. The second-order valence-corrected chi connectivity index (χ2v) is 9.40. The molecule has 0 saturated heterocycles. The van der Waals surface area contributed by atoms with E-state index in [2.05, 4.69) is 19.2 Å². The number of hydrogen-bond acceptors (Lipinski definition) is 3. The van der Waals surface area contributed by atoms with E-state index in [0.717, 1.165) is 11.1 Å². The fourth-order valence-electron chi connectivity index (χ4n) is 3.87. The summed E-state index contributed by atoms with van der Waals surface area (Å²) >= 11 is 12.5. The van der Waals surface area contributed by atoms with Crippen molar-refractivity contribution >= 4 is 35.0 Å². The summed E-state index contributed by atoms with van der Waals surface area (Å²) in [6, 6.07) is 21.6. The Morgan fingerprint density at radius 1 is 0.971 bits per heavy atom. The molecule has 3 rings (SSSR count). The Balaban J connectivity index is 1.92. The average molecular weight is 513 g/mol. The van der Waals surface area contributed by atoms with Gasteiger partial charge in [0.15, 0.2) is 6.61 Å². The first-order valence-electron chi connectivity index (χ1n) is 11.5. The molecule has 0 fully saturated rings. The number of carbonyl (C=O) groups is 2. The Morgan fingerprint density at radius 3 is 2.31 bits per heavy atom. The van der Waals surface area contributed by atoms with Gasteiger partial charge in [0.1, 0.15) is 11.8 Å². The first-order valence-corrected chi connectivity index (χ1v) is 12.3. The predicted molar refractivity (Wildman–Crippen MR) is 141 cm³/mol. The van der Waals surface area contributed by atoms with Crippen molar-refractivity contribution in [3.05, 3.63) is 99.5 Å². The van der Waals surface area contributed by atoms with E-state index in [4.69, 9.17) is 27.9 Å². The van der Waals surface area contributed by atoms with Crippen LogP contribution in [0.1, 0.15) is 36.5 Å². The molecule has 0 heterocycles. The van der Waals surface area contributed by atoms with Crippen molar-refractivity contribution < 1.29 is 14.3 Å². The zero-order valence-electron chi connectivity index (χ0n) is 20.1. The number of amides is 2. The lowest BCUT2D eigenvalue weighted by Gasteiger charge is -2.31. The van der Waals surface area contributed by atoms with Crippen LogP contribution in [0.5, 0.6) is 5.75 Å². The molecule has 0 aliphatic heterocycles. The Labute approximate surface area is 217 Å². The van der Waals surface area contributed by atoms with E-state index >= 15 is 0 Å². The molecule has 0 aliphatic carbocycles. The summed E-state index contributed by atoms with van der Waals surface area (Å²) in [5.41, 5.74) is 2.64. The highest BCUT2D eigenvalue weighted by molar-refractivity contribution is 6.35. The minimum atomic E-state index is -0.759. The maximum Gasteiger partial charge on any atom is 0.261 e. The van der Waals surface area contributed by atoms with Crippen LogP contribution in [-0.4, -0.2) is 36.4 Å². The molecular formula is C28H30Cl2N2O3. The number of benzene rings is 3. The number of rotatable bonds is 10. The zero-order valence-corrected chi connectivity index (χ0v) is 21.6. The van der Waals surface area contributed by atoms with Crippen LogP contribution in [0.2, 0.25) is 10.0 Å². The summed E-state index contributed by atoms with van der Waals surface area (Å²) in [4.78, 5) is 28.1. The van der Waals surface area contributed by atoms with Gasteiger partial charge in [-0.2, -0.15) is 0 Å². The van der Waals surface area contributed by atoms with Gasteiger partial charge in [-0.05, 0) is 40.8 Å². The minimum Gasteiger partial charge on any atom is -0.483 e. The summed E-state index contributed by atoms with van der Waals surface area (Å²) in [6.07, 6.45) is 0.347. The minimum absolute atomic E-state index is 0.134.